The topological polar surface area (TPSA) is 136 Å². The fraction of sp³-hybridized carbons (Fsp3) is 0.263. The van der Waals surface area contributed by atoms with Crippen LogP contribution in [0.3, 0.4) is 0 Å². The van der Waals surface area contributed by atoms with Gasteiger partial charge in [0, 0.05) is 31.3 Å². The van der Waals surface area contributed by atoms with Crippen molar-refractivity contribution in [2.45, 2.75) is 44.2 Å². The van der Waals surface area contributed by atoms with Crippen LogP contribution in [0.25, 0.3) is 10.8 Å². The van der Waals surface area contributed by atoms with Crippen LogP contribution in [0.15, 0.2) is 116 Å². The highest BCUT2D eigenvalue weighted by Gasteiger charge is 2.29. The van der Waals surface area contributed by atoms with E-state index in [-0.39, 0.29) is 25.4 Å². The second kappa shape index (κ2) is 16.9. The number of carbonyl (C=O) groups is 3. The van der Waals surface area contributed by atoms with Gasteiger partial charge in [-0.05, 0) is 46.7 Å². The Morgan fingerprint density at radius 1 is 0.745 bits per heavy atom. The standard InChI is InChI=1S/C38H41N5O4/c44-25-33(20-28-12-5-2-6-13-28)42-38(47)35(23-32-24-39-26-41-32)43-37(46)31(21-30-16-9-15-29-14-7-8-17-34(29)30)22-36(45)40-19-18-27-10-3-1-4-11-27/h1-17,24,26,31,33,35,44H,18-23,25H2,(H,39,41)(H,40,45)(H,42,47)(H,43,46)/t31?,33-,35-/m0/s1. The van der Waals surface area contributed by atoms with Gasteiger partial charge in [0.1, 0.15) is 6.04 Å². The van der Waals surface area contributed by atoms with E-state index in [1.807, 2.05) is 103 Å². The molecule has 47 heavy (non-hydrogen) atoms. The Balaban J connectivity index is 1.33. The molecule has 9 heteroatoms. The van der Waals surface area contributed by atoms with Gasteiger partial charge in [-0.1, -0.05) is 103 Å². The second-order valence-electron chi connectivity index (χ2n) is 11.7. The number of nitrogens with zero attached hydrogens (tertiary/aromatic N) is 1. The summed E-state index contributed by atoms with van der Waals surface area (Å²) in [6.45, 7) is 0.179. The molecule has 3 amide bonds. The highest BCUT2D eigenvalue weighted by atomic mass is 16.3. The van der Waals surface area contributed by atoms with Crippen molar-refractivity contribution in [2.75, 3.05) is 13.2 Å². The number of hydrogen-bond acceptors (Lipinski definition) is 5. The molecule has 0 bridgehead atoms. The van der Waals surface area contributed by atoms with Crippen LogP contribution in [-0.2, 0) is 40.1 Å². The van der Waals surface area contributed by atoms with Crippen molar-refractivity contribution in [3.63, 3.8) is 0 Å². The Bertz CT molecular complexity index is 1720. The molecular weight excluding hydrogens is 590 g/mol. The van der Waals surface area contributed by atoms with Crippen LogP contribution in [0.2, 0.25) is 0 Å². The number of H-pyrrole nitrogens is 1. The Labute approximate surface area is 274 Å². The molecule has 5 rings (SSSR count). The third-order valence-electron chi connectivity index (χ3n) is 8.23. The van der Waals surface area contributed by atoms with Crippen LogP contribution in [0.5, 0.6) is 0 Å². The van der Waals surface area contributed by atoms with Crippen LogP contribution in [0, 0.1) is 5.92 Å². The predicted octanol–water partition coefficient (Wildman–Crippen LogP) is 3.92. The number of aromatic nitrogens is 2. The summed E-state index contributed by atoms with van der Waals surface area (Å²) in [5, 5.41) is 21.0. The third-order valence-corrected chi connectivity index (χ3v) is 8.23. The first-order valence-corrected chi connectivity index (χ1v) is 16.0. The molecule has 0 saturated heterocycles. The highest BCUT2D eigenvalue weighted by molar-refractivity contribution is 5.92. The molecule has 9 nitrogen and oxygen atoms in total. The summed E-state index contributed by atoms with van der Waals surface area (Å²) in [6, 6.07) is 31.8. The minimum absolute atomic E-state index is 0.0461. The van der Waals surface area contributed by atoms with Crippen molar-refractivity contribution in [1.82, 2.24) is 25.9 Å². The number of carbonyl (C=O) groups excluding carboxylic acids is 3. The summed E-state index contributed by atoms with van der Waals surface area (Å²) in [7, 11) is 0. The number of nitrogens with one attached hydrogen (secondary N) is 4. The molecule has 1 aromatic heterocycles. The Morgan fingerprint density at radius 2 is 1.45 bits per heavy atom. The summed E-state index contributed by atoms with van der Waals surface area (Å²) >= 11 is 0. The number of benzene rings is 4. The molecule has 242 valence electrons. The summed E-state index contributed by atoms with van der Waals surface area (Å²) < 4.78 is 0. The summed E-state index contributed by atoms with van der Waals surface area (Å²) in [5.41, 5.74) is 3.69. The first kappa shape index (κ1) is 33.1. The zero-order chi connectivity index (χ0) is 32.8. The molecule has 5 aromatic rings. The molecular formula is C38H41N5O4. The molecule has 0 radical (unpaired) electrons. The fourth-order valence-electron chi connectivity index (χ4n) is 5.76. The minimum atomic E-state index is -0.969. The average molecular weight is 632 g/mol. The van der Waals surface area contributed by atoms with Gasteiger partial charge < -0.3 is 26.0 Å². The van der Waals surface area contributed by atoms with E-state index in [1.54, 1.807) is 6.20 Å². The molecule has 0 spiro atoms. The molecule has 5 N–H and O–H groups in total. The maximum atomic E-state index is 14.1. The zero-order valence-electron chi connectivity index (χ0n) is 26.3. The largest absolute Gasteiger partial charge is 0.394 e. The number of rotatable bonds is 16. The average Bonchev–Trinajstić information content (AvgIpc) is 3.61. The SMILES string of the molecule is O=C(CC(Cc1cccc2ccccc12)C(=O)N[C@@H](Cc1cnc[nH]1)C(=O)N[C@H](CO)Cc1ccccc1)NCCc1ccccc1. The lowest BCUT2D eigenvalue weighted by molar-refractivity contribution is -0.133. The molecule has 0 aliphatic rings. The molecule has 0 aliphatic carbocycles. The summed E-state index contributed by atoms with van der Waals surface area (Å²) in [4.78, 5) is 48.0. The fourth-order valence-corrected chi connectivity index (χ4v) is 5.76. The molecule has 1 unspecified atom stereocenters. The van der Waals surface area contributed by atoms with Crippen molar-refractivity contribution in [2.24, 2.45) is 5.92 Å². The van der Waals surface area contributed by atoms with E-state index < -0.39 is 29.8 Å². The van der Waals surface area contributed by atoms with Gasteiger partial charge >= 0.3 is 0 Å². The van der Waals surface area contributed by atoms with E-state index >= 15 is 0 Å². The van der Waals surface area contributed by atoms with E-state index in [2.05, 4.69) is 25.9 Å². The first-order valence-electron chi connectivity index (χ1n) is 16.0. The maximum Gasteiger partial charge on any atom is 0.243 e. The molecule has 0 saturated carbocycles. The highest BCUT2D eigenvalue weighted by Crippen LogP contribution is 2.23. The van der Waals surface area contributed by atoms with E-state index in [1.165, 1.54) is 6.33 Å². The van der Waals surface area contributed by atoms with Gasteiger partial charge in [0.2, 0.25) is 17.7 Å². The smallest absolute Gasteiger partial charge is 0.243 e. The summed E-state index contributed by atoms with van der Waals surface area (Å²) in [5.74, 6) is -1.81. The second-order valence-corrected chi connectivity index (χ2v) is 11.7. The summed E-state index contributed by atoms with van der Waals surface area (Å²) in [6.07, 6.45) is 4.65. The van der Waals surface area contributed by atoms with Crippen LogP contribution in [0.1, 0.15) is 28.8 Å². The molecule has 1 heterocycles. The van der Waals surface area contributed by atoms with Crippen LogP contribution < -0.4 is 16.0 Å². The number of hydrogen-bond donors (Lipinski definition) is 5. The van der Waals surface area contributed by atoms with Crippen molar-refractivity contribution >= 4 is 28.5 Å². The van der Waals surface area contributed by atoms with Gasteiger partial charge in [0.25, 0.3) is 0 Å². The first-order chi connectivity index (χ1) is 23.0. The molecule has 3 atom stereocenters. The van der Waals surface area contributed by atoms with Gasteiger partial charge in [0.15, 0.2) is 0 Å². The quantitative estimate of drug-likeness (QED) is 0.113. The van der Waals surface area contributed by atoms with Crippen LogP contribution >= 0.6 is 0 Å². The Kier molecular flexibility index (Phi) is 11.9. The minimum Gasteiger partial charge on any atom is -0.394 e. The molecule has 0 fully saturated rings. The van der Waals surface area contributed by atoms with Gasteiger partial charge in [0.05, 0.1) is 24.9 Å². The molecule has 4 aromatic carbocycles. The van der Waals surface area contributed by atoms with Crippen molar-refractivity contribution < 1.29 is 19.5 Å². The lowest BCUT2D eigenvalue weighted by Gasteiger charge is -2.25. The van der Waals surface area contributed by atoms with Gasteiger partial charge in [-0.25, -0.2) is 4.98 Å². The lowest BCUT2D eigenvalue weighted by atomic mass is 9.91. The van der Waals surface area contributed by atoms with Crippen LogP contribution in [0.4, 0.5) is 0 Å². The van der Waals surface area contributed by atoms with E-state index in [0.717, 1.165) is 27.5 Å². The number of imidazole rings is 1. The van der Waals surface area contributed by atoms with E-state index in [9.17, 15) is 19.5 Å². The normalized spacial score (nSPS) is 13.0. The van der Waals surface area contributed by atoms with Crippen molar-refractivity contribution in [3.05, 3.63) is 138 Å². The number of aliphatic hydroxyl groups excluding tert-OH is 1. The van der Waals surface area contributed by atoms with Gasteiger partial charge in [-0.2, -0.15) is 0 Å². The number of aliphatic hydroxyl groups is 1. The van der Waals surface area contributed by atoms with Gasteiger partial charge in [-0.3, -0.25) is 14.4 Å². The third kappa shape index (κ3) is 9.85. The van der Waals surface area contributed by atoms with Gasteiger partial charge in [-0.15, -0.1) is 0 Å². The monoisotopic (exact) mass is 631 g/mol. The number of aromatic amines is 1. The predicted molar refractivity (Wildman–Crippen MR) is 182 cm³/mol. The zero-order valence-corrected chi connectivity index (χ0v) is 26.3. The lowest BCUT2D eigenvalue weighted by Crippen LogP contribution is -2.53. The van der Waals surface area contributed by atoms with E-state index in [4.69, 9.17) is 0 Å². The Hall–Kier alpha value is -5.28. The van der Waals surface area contributed by atoms with Crippen molar-refractivity contribution in [3.8, 4) is 0 Å². The Morgan fingerprint density at radius 3 is 2.17 bits per heavy atom. The maximum absolute atomic E-state index is 14.1. The molecule has 0 aliphatic heterocycles. The number of amides is 3. The van der Waals surface area contributed by atoms with Crippen LogP contribution in [-0.4, -0.2) is 58.0 Å². The van der Waals surface area contributed by atoms with E-state index in [0.29, 0.717) is 31.5 Å². The number of fused-ring (bicyclic) bond motifs is 1. The van der Waals surface area contributed by atoms with Crippen molar-refractivity contribution in [1.29, 1.82) is 0 Å².